The average Bonchev–Trinajstić information content (AvgIpc) is 2.46. The number of rotatable bonds is 2. The summed E-state index contributed by atoms with van der Waals surface area (Å²) in [4.78, 5) is 11.5. The third kappa shape index (κ3) is 2.28. The first-order valence-electron chi connectivity index (χ1n) is 6.11. The second kappa shape index (κ2) is 5.02. The summed E-state index contributed by atoms with van der Waals surface area (Å²) in [7, 11) is 0. The van der Waals surface area contributed by atoms with Gasteiger partial charge in [-0.05, 0) is 29.8 Å². The van der Waals surface area contributed by atoms with Crippen molar-refractivity contribution in [1.29, 1.82) is 0 Å². The zero-order valence-electron chi connectivity index (χ0n) is 10.4. The molecule has 0 spiro atoms. The van der Waals surface area contributed by atoms with Crippen molar-refractivity contribution in [2.75, 3.05) is 0 Å². The molecular weight excluding hydrogens is 276 g/mol. The number of halogens is 1. The Hall–Kier alpha value is -2.26. The summed E-state index contributed by atoms with van der Waals surface area (Å²) in [6, 6.07) is 14.4. The van der Waals surface area contributed by atoms with E-state index in [0.29, 0.717) is 10.8 Å². The molecule has 0 aromatic heterocycles. The van der Waals surface area contributed by atoms with Crippen molar-refractivity contribution in [2.45, 2.75) is 6.10 Å². The van der Waals surface area contributed by atoms with E-state index < -0.39 is 12.1 Å². The molecule has 1 N–H and O–H groups in total. The summed E-state index contributed by atoms with van der Waals surface area (Å²) < 4.78 is 5.84. The maximum atomic E-state index is 11.5. The summed E-state index contributed by atoms with van der Waals surface area (Å²) in [6.07, 6.45) is 0.994. The molecule has 100 valence electrons. The highest BCUT2D eigenvalue weighted by molar-refractivity contribution is 6.30. The molecule has 1 heterocycles. The fourth-order valence-electron chi connectivity index (χ4n) is 2.23. The number of hydrogen-bond donors (Lipinski definition) is 1. The van der Waals surface area contributed by atoms with Crippen LogP contribution in [0.1, 0.15) is 17.2 Å². The lowest BCUT2D eigenvalue weighted by Crippen LogP contribution is -2.20. The molecule has 1 atom stereocenters. The highest BCUT2D eigenvalue weighted by Crippen LogP contribution is 2.37. The molecule has 0 bridgehead atoms. The molecule has 4 heteroatoms. The second-order valence-electron chi connectivity index (χ2n) is 4.50. The monoisotopic (exact) mass is 286 g/mol. The van der Waals surface area contributed by atoms with Gasteiger partial charge in [0.05, 0.1) is 5.57 Å². The Labute approximate surface area is 121 Å². The van der Waals surface area contributed by atoms with Crippen molar-refractivity contribution in [2.24, 2.45) is 0 Å². The third-order valence-corrected chi connectivity index (χ3v) is 3.39. The molecule has 1 unspecified atom stereocenters. The van der Waals surface area contributed by atoms with Gasteiger partial charge < -0.3 is 9.84 Å². The molecule has 2 aromatic rings. The molecule has 20 heavy (non-hydrogen) atoms. The summed E-state index contributed by atoms with van der Waals surface area (Å²) in [5.74, 6) is -0.327. The maximum absolute atomic E-state index is 11.5. The molecule has 0 saturated carbocycles. The molecule has 3 nitrogen and oxygen atoms in total. The van der Waals surface area contributed by atoms with Crippen LogP contribution in [0.15, 0.2) is 54.1 Å². The van der Waals surface area contributed by atoms with Crippen LogP contribution in [0.2, 0.25) is 5.02 Å². The van der Waals surface area contributed by atoms with Gasteiger partial charge in [-0.1, -0.05) is 41.9 Å². The van der Waals surface area contributed by atoms with Crippen molar-refractivity contribution in [3.05, 3.63) is 70.3 Å². The van der Waals surface area contributed by atoms with Crippen LogP contribution in [-0.2, 0) is 4.79 Å². The molecule has 2 aromatic carbocycles. The highest BCUT2D eigenvalue weighted by Gasteiger charge is 2.28. The summed E-state index contributed by atoms with van der Waals surface area (Å²) in [6.45, 7) is 0. The van der Waals surface area contributed by atoms with Crippen LogP contribution in [0.3, 0.4) is 0 Å². The van der Waals surface area contributed by atoms with Gasteiger partial charge in [-0.25, -0.2) is 4.79 Å². The number of para-hydroxylation sites is 1. The number of carbonyl (C=O) groups is 1. The van der Waals surface area contributed by atoms with Crippen LogP contribution >= 0.6 is 11.6 Å². The first kappa shape index (κ1) is 12.8. The van der Waals surface area contributed by atoms with Crippen molar-refractivity contribution in [1.82, 2.24) is 0 Å². The molecule has 3 rings (SSSR count). The highest BCUT2D eigenvalue weighted by atomic mass is 35.5. The zero-order valence-corrected chi connectivity index (χ0v) is 11.2. The quantitative estimate of drug-likeness (QED) is 0.909. The first-order chi connectivity index (χ1) is 9.65. The lowest BCUT2D eigenvalue weighted by Gasteiger charge is -2.25. The number of hydrogen-bond acceptors (Lipinski definition) is 2. The lowest BCUT2D eigenvalue weighted by atomic mass is 9.96. The SMILES string of the molecule is O=C(O)C1=Cc2ccccc2OC1c1cccc(Cl)c1. The zero-order chi connectivity index (χ0) is 14.1. The molecular formula is C16H11ClO3. The maximum Gasteiger partial charge on any atom is 0.335 e. The number of benzene rings is 2. The molecule has 1 aliphatic heterocycles. The molecule has 0 aliphatic carbocycles. The van der Waals surface area contributed by atoms with Crippen LogP contribution in [0.25, 0.3) is 6.08 Å². The molecule has 0 fully saturated rings. The number of carboxylic acid groups (broad SMARTS) is 1. The average molecular weight is 287 g/mol. The van der Waals surface area contributed by atoms with E-state index >= 15 is 0 Å². The van der Waals surface area contributed by atoms with E-state index in [1.807, 2.05) is 24.3 Å². The smallest absolute Gasteiger partial charge is 0.335 e. The standard InChI is InChI=1S/C16H11ClO3/c17-12-6-3-5-11(8-12)15-13(16(18)19)9-10-4-1-2-7-14(10)20-15/h1-9,15H,(H,18,19). The van der Waals surface area contributed by atoms with Gasteiger partial charge in [0, 0.05) is 10.6 Å². The summed E-state index contributed by atoms with van der Waals surface area (Å²) in [5.41, 5.74) is 1.69. The van der Waals surface area contributed by atoms with Crippen molar-refractivity contribution < 1.29 is 14.6 Å². The predicted molar refractivity (Wildman–Crippen MR) is 76.9 cm³/mol. The Bertz CT molecular complexity index is 706. The fraction of sp³-hybridized carbons (Fsp3) is 0.0625. The Morgan fingerprint density at radius 3 is 2.70 bits per heavy atom. The van der Waals surface area contributed by atoms with Gasteiger partial charge in [-0.2, -0.15) is 0 Å². The van der Waals surface area contributed by atoms with Crippen molar-refractivity contribution >= 4 is 23.6 Å². The van der Waals surface area contributed by atoms with E-state index in [0.717, 1.165) is 11.1 Å². The molecule has 0 saturated heterocycles. The van der Waals surface area contributed by atoms with Crippen LogP contribution in [-0.4, -0.2) is 11.1 Å². The van der Waals surface area contributed by atoms with Crippen LogP contribution in [0, 0.1) is 0 Å². The van der Waals surface area contributed by atoms with Gasteiger partial charge in [0.1, 0.15) is 5.75 Å². The van der Waals surface area contributed by atoms with Crippen molar-refractivity contribution in [3.63, 3.8) is 0 Å². The number of carboxylic acids is 1. The number of ether oxygens (including phenoxy) is 1. The Morgan fingerprint density at radius 1 is 1.15 bits per heavy atom. The van der Waals surface area contributed by atoms with E-state index in [1.165, 1.54) is 0 Å². The van der Waals surface area contributed by atoms with E-state index in [2.05, 4.69) is 0 Å². The van der Waals surface area contributed by atoms with E-state index in [9.17, 15) is 9.90 Å². The summed E-state index contributed by atoms with van der Waals surface area (Å²) >= 11 is 5.97. The van der Waals surface area contributed by atoms with E-state index in [4.69, 9.17) is 16.3 Å². The predicted octanol–water partition coefficient (Wildman–Crippen LogP) is 3.94. The van der Waals surface area contributed by atoms with E-state index in [1.54, 1.807) is 30.3 Å². The Balaban J connectivity index is 2.10. The van der Waals surface area contributed by atoms with Gasteiger partial charge in [-0.3, -0.25) is 0 Å². The Morgan fingerprint density at radius 2 is 1.95 bits per heavy atom. The minimum Gasteiger partial charge on any atom is -0.480 e. The number of aliphatic carboxylic acids is 1. The molecule has 0 radical (unpaired) electrons. The largest absolute Gasteiger partial charge is 0.480 e. The van der Waals surface area contributed by atoms with Crippen LogP contribution in [0.4, 0.5) is 0 Å². The minimum absolute atomic E-state index is 0.200. The topological polar surface area (TPSA) is 46.5 Å². The second-order valence-corrected chi connectivity index (χ2v) is 4.93. The van der Waals surface area contributed by atoms with Gasteiger partial charge in [0.25, 0.3) is 0 Å². The fourth-order valence-corrected chi connectivity index (χ4v) is 2.43. The summed E-state index contributed by atoms with van der Waals surface area (Å²) in [5, 5.41) is 9.93. The van der Waals surface area contributed by atoms with Gasteiger partial charge in [0.15, 0.2) is 6.10 Å². The number of fused-ring (bicyclic) bond motifs is 1. The van der Waals surface area contributed by atoms with Gasteiger partial charge in [0.2, 0.25) is 0 Å². The van der Waals surface area contributed by atoms with E-state index in [-0.39, 0.29) is 5.57 Å². The Kier molecular flexibility index (Phi) is 3.20. The minimum atomic E-state index is -0.996. The lowest BCUT2D eigenvalue weighted by molar-refractivity contribution is -0.133. The van der Waals surface area contributed by atoms with Gasteiger partial charge >= 0.3 is 5.97 Å². The van der Waals surface area contributed by atoms with Crippen LogP contribution in [0.5, 0.6) is 5.75 Å². The molecule has 1 aliphatic rings. The molecule has 0 amide bonds. The van der Waals surface area contributed by atoms with Crippen LogP contribution < -0.4 is 4.74 Å². The third-order valence-electron chi connectivity index (χ3n) is 3.16. The first-order valence-corrected chi connectivity index (χ1v) is 6.49. The van der Waals surface area contributed by atoms with Gasteiger partial charge in [-0.15, -0.1) is 0 Å². The normalized spacial score (nSPS) is 16.9. The van der Waals surface area contributed by atoms with Crippen molar-refractivity contribution in [3.8, 4) is 5.75 Å².